The quantitative estimate of drug-likeness (QED) is 0.825. The molecule has 0 unspecified atom stereocenters. The summed E-state index contributed by atoms with van der Waals surface area (Å²) in [4.78, 5) is 11.7. The van der Waals surface area contributed by atoms with Crippen LogP contribution in [0.15, 0.2) is 48.5 Å². The molecule has 22 heavy (non-hydrogen) atoms. The maximum atomic E-state index is 13.0. The van der Waals surface area contributed by atoms with Crippen molar-refractivity contribution in [2.24, 2.45) is 0 Å². The number of nitrogens with one attached hydrogen (secondary N) is 2. The molecule has 0 fully saturated rings. The molecule has 116 valence electrons. The van der Waals surface area contributed by atoms with Gasteiger partial charge in [0.2, 0.25) is 5.91 Å². The van der Waals surface area contributed by atoms with Crippen molar-refractivity contribution in [1.82, 2.24) is 5.32 Å². The number of rotatable bonds is 7. The Morgan fingerprint density at radius 2 is 1.73 bits per heavy atom. The first-order valence-electron chi connectivity index (χ1n) is 7.14. The number of hydrogen-bond acceptors (Lipinski definition) is 2. The molecule has 2 rings (SSSR count). The number of benzene rings is 2. The van der Waals surface area contributed by atoms with E-state index in [0.717, 1.165) is 5.56 Å². The largest absolute Gasteiger partial charge is 0.384 e. The first kappa shape index (κ1) is 15.9. The van der Waals surface area contributed by atoms with Crippen LogP contribution < -0.4 is 10.6 Å². The van der Waals surface area contributed by atoms with Gasteiger partial charge in [0.05, 0.1) is 0 Å². The minimum Gasteiger partial charge on any atom is -0.384 e. The fourth-order valence-electron chi connectivity index (χ4n) is 2.00. The molecular weight excluding hydrogens is 286 g/mol. The molecule has 0 saturated carbocycles. The molecule has 0 aromatic heterocycles. The Kier molecular flexibility index (Phi) is 5.89. The van der Waals surface area contributed by atoms with Crippen molar-refractivity contribution >= 4 is 11.6 Å². The summed E-state index contributed by atoms with van der Waals surface area (Å²) in [6.45, 7) is 0.941. The zero-order valence-corrected chi connectivity index (χ0v) is 12.1. The van der Waals surface area contributed by atoms with Crippen molar-refractivity contribution in [3.63, 3.8) is 0 Å². The van der Waals surface area contributed by atoms with Gasteiger partial charge in [0, 0.05) is 25.2 Å². The summed E-state index contributed by atoms with van der Waals surface area (Å²) in [6.07, 6.45) is 0.962. The van der Waals surface area contributed by atoms with E-state index in [-0.39, 0.29) is 17.5 Å². The summed E-state index contributed by atoms with van der Waals surface area (Å²) in [7, 11) is 0. The second-order valence-corrected chi connectivity index (χ2v) is 4.91. The maximum absolute atomic E-state index is 13.0. The molecule has 0 heterocycles. The van der Waals surface area contributed by atoms with E-state index in [1.165, 1.54) is 24.3 Å². The average molecular weight is 304 g/mol. The van der Waals surface area contributed by atoms with E-state index in [2.05, 4.69) is 10.6 Å². The fraction of sp³-hybridized carbons (Fsp3) is 0.235. The number of hydrogen-bond donors (Lipinski definition) is 2. The summed E-state index contributed by atoms with van der Waals surface area (Å²) in [5.74, 6) is -0.657. The van der Waals surface area contributed by atoms with Crippen LogP contribution in [0.4, 0.5) is 14.5 Å². The molecule has 0 atom stereocenters. The van der Waals surface area contributed by atoms with Gasteiger partial charge in [-0.15, -0.1) is 0 Å². The van der Waals surface area contributed by atoms with Gasteiger partial charge < -0.3 is 10.6 Å². The second-order valence-electron chi connectivity index (χ2n) is 4.91. The minimum atomic E-state index is -0.311. The summed E-state index contributed by atoms with van der Waals surface area (Å²) >= 11 is 0. The number of amides is 1. The van der Waals surface area contributed by atoms with Gasteiger partial charge in [-0.3, -0.25) is 4.79 Å². The molecule has 3 nitrogen and oxygen atoms in total. The van der Waals surface area contributed by atoms with Crippen LogP contribution in [-0.2, 0) is 11.2 Å². The van der Waals surface area contributed by atoms with Crippen LogP contribution in [0, 0.1) is 11.6 Å². The number of carbonyl (C=O) groups excluding carboxylic acids is 1. The van der Waals surface area contributed by atoms with Crippen molar-refractivity contribution in [1.29, 1.82) is 0 Å². The highest BCUT2D eigenvalue weighted by molar-refractivity contribution is 5.76. The van der Waals surface area contributed by atoms with Crippen molar-refractivity contribution in [3.8, 4) is 0 Å². The van der Waals surface area contributed by atoms with E-state index in [9.17, 15) is 13.6 Å². The van der Waals surface area contributed by atoms with Crippen LogP contribution in [0.2, 0.25) is 0 Å². The van der Waals surface area contributed by atoms with Gasteiger partial charge in [0.15, 0.2) is 0 Å². The molecule has 0 spiro atoms. The Labute approximate surface area is 128 Å². The Morgan fingerprint density at radius 3 is 2.45 bits per heavy atom. The number of anilines is 1. The Bertz CT molecular complexity index is 614. The molecule has 0 radical (unpaired) electrons. The van der Waals surface area contributed by atoms with Gasteiger partial charge in [0.25, 0.3) is 0 Å². The lowest BCUT2D eigenvalue weighted by Crippen LogP contribution is -2.27. The summed E-state index contributed by atoms with van der Waals surface area (Å²) in [6, 6.07) is 12.3. The van der Waals surface area contributed by atoms with Crippen molar-refractivity contribution in [3.05, 3.63) is 65.7 Å². The molecule has 0 bridgehead atoms. The standard InChI is InChI=1S/C17H18F2N2O/c18-14-6-4-13(5-7-14)8-10-21-17(22)9-11-20-16-3-1-2-15(19)12-16/h1-7,12,20H,8-11H2,(H,21,22). The third-order valence-corrected chi connectivity index (χ3v) is 3.15. The minimum absolute atomic E-state index is 0.0778. The van der Waals surface area contributed by atoms with E-state index in [1.807, 2.05) is 0 Å². The van der Waals surface area contributed by atoms with E-state index < -0.39 is 0 Å². The van der Waals surface area contributed by atoms with E-state index in [0.29, 0.717) is 31.6 Å². The maximum Gasteiger partial charge on any atom is 0.221 e. The molecular formula is C17H18F2N2O. The van der Waals surface area contributed by atoms with Crippen LogP contribution in [0.3, 0.4) is 0 Å². The Morgan fingerprint density at radius 1 is 0.955 bits per heavy atom. The monoisotopic (exact) mass is 304 g/mol. The fourth-order valence-corrected chi connectivity index (χ4v) is 2.00. The van der Waals surface area contributed by atoms with Crippen LogP contribution in [-0.4, -0.2) is 19.0 Å². The SMILES string of the molecule is O=C(CCNc1cccc(F)c1)NCCc1ccc(F)cc1. The van der Waals surface area contributed by atoms with Gasteiger partial charge >= 0.3 is 0 Å². The lowest BCUT2D eigenvalue weighted by molar-refractivity contribution is -0.120. The topological polar surface area (TPSA) is 41.1 Å². The van der Waals surface area contributed by atoms with Crippen molar-refractivity contribution in [2.75, 3.05) is 18.4 Å². The van der Waals surface area contributed by atoms with Crippen LogP contribution >= 0.6 is 0 Å². The molecule has 2 aromatic rings. The highest BCUT2D eigenvalue weighted by atomic mass is 19.1. The van der Waals surface area contributed by atoms with Crippen molar-refractivity contribution < 1.29 is 13.6 Å². The van der Waals surface area contributed by atoms with Gasteiger partial charge in [0.1, 0.15) is 11.6 Å². The van der Waals surface area contributed by atoms with Crippen LogP contribution in [0.1, 0.15) is 12.0 Å². The highest BCUT2D eigenvalue weighted by Gasteiger charge is 2.01. The molecule has 0 saturated heterocycles. The average Bonchev–Trinajstić information content (AvgIpc) is 2.49. The van der Waals surface area contributed by atoms with Crippen LogP contribution in [0.5, 0.6) is 0 Å². The summed E-state index contributed by atoms with van der Waals surface area (Å²) in [5.41, 5.74) is 1.62. The van der Waals surface area contributed by atoms with Gasteiger partial charge in [-0.2, -0.15) is 0 Å². The molecule has 1 amide bonds. The predicted octanol–water partition coefficient (Wildman–Crippen LogP) is 3.13. The second kappa shape index (κ2) is 8.12. The van der Waals surface area contributed by atoms with E-state index >= 15 is 0 Å². The molecule has 5 heteroatoms. The van der Waals surface area contributed by atoms with Crippen molar-refractivity contribution in [2.45, 2.75) is 12.8 Å². The lowest BCUT2D eigenvalue weighted by atomic mass is 10.1. The first-order chi connectivity index (χ1) is 10.6. The number of carbonyl (C=O) groups is 1. The summed E-state index contributed by atoms with van der Waals surface area (Å²) in [5, 5.41) is 5.78. The summed E-state index contributed by atoms with van der Waals surface area (Å²) < 4.78 is 25.7. The third kappa shape index (κ3) is 5.52. The predicted molar refractivity (Wildman–Crippen MR) is 82.6 cm³/mol. The zero-order valence-electron chi connectivity index (χ0n) is 12.1. The lowest BCUT2D eigenvalue weighted by Gasteiger charge is -2.08. The smallest absolute Gasteiger partial charge is 0.221 e. The van der Waals surface area contributed by atoms with Gasteiger partial charge in [-0.05, 0) is 42.3 Å². The Balaban J connectivity index is 1.62. The first-order valence-corrected chi connectivity index (χ1v) is 7.14. The molecule has 0 aliphatic rings. The normalized spacial score (nSPS) is 10.3. The molecule has 0 aliphatic heterocycles. The van der Waals surface area contributed by atoms with E-state index in [1.54, 1.807) is 24.3 Å². The van der Waals surface area contributed by atoms with E-state index in [4.69, 9.17) is 0 Å². The van der Waals surface area contributed by atoms with Gasteiger partial charge in [-0.25, -0.2) is 8.78 Å². The number of halogens is 2. The third-order valence-electron chi connectivity index (χ3n) is 3.15. The zero-order chi connectivity index (χ0) is 15.8. The van der Waals surface area contributed by atoms with Crippen LogP contribution in [0.25, 0.3) is 0 Å². The Hall–Kier alpha value is -2.43. The highest BCUT2D eigenvalue weighted by Crippen LogP contribution is 2.08. The molecule has 2 N–H and O–H groups in total. The molecule has 0 aliphatic carbocycles. The molecule has 2 aromatic carbocycles. The van der Waals surface area contributed by atoms with Gasteiger partial charge in [-0.1, -0.05) is 18.2 Å².